The van der Waals surface area contributed by atoms with Crippen LogP contribution < -0.4 is 16.8 Å². The first-order valence-electron chi connectivity index (χ1n) is 3.88. The molecule has 1 atom stereocenters. The highest BCUT2D eigenvalue weighted by Gasteiger charge is 2.14. The first kappa shape index (κ1) is 11.9. The molecule has 6 heteroatoms. The maximum Gasteiger partial charge on any atom is 0.237 e. The van der Waals surface area contributed by atoms with Gasteiger partial charge in [0.1, 0.15) is 0 Å². The Kier molecular flexibility index (Phi) is 5.82. The lowest BCUT2D eigenvalue weighted by molar-refractivity contribution is -0.126. The number of hydrogen-bond acceptors (Lipinski definition) is 4. The molecule has 2 amide bonds. The van der Waals surface area contributed by atoms with E-state index in [4.69, 9.17) is 16.2 Å². The van der Waals surface area contributed by atoms with Gasteiger partial charge < -0.3 is 21.5 Å². The minimum atomic E-state index is -0.866. The zero-order valence-electron chi connectivity index (χ0n) is 7.58. The lowest BCUT2D eigenvalue weighted by Gasteiger charge is -2.09. The van der Waals surface area contributed by atoms with Crippen molar-refractivity contribution in [3.63, 3.8) is 0 Å². The first-order chi connectivity index (χ1) is 6.07. The van der Waals surface area contributed by atoms with E-state index in [1.54, 1.807) is 0 Å². The summed E-state index contributed by atoms with van der Waals surface area (Å²) in [6.45, 7) is 0.789. The third-order valence-corrected chi connectivity index (χ3v) is 1.36. The van der Waals surface area contributed by atoms with Crippen molar-refractivity contribution in [2.24, 2.45) is 11.5 Å². The van der Waals surface area contributed by atoms with Gasteiger partial charge in [-0.1, -0.05) is 0 Å². The average Bonchev–Trinajstić information content (AvgIpc) is 2.03. The van der Waals surface area contributed by atoms with Gasteiger partial charge in [-0.05, 0) is 0 Å². The smallest absolute Gasteiger partial charge is 0.237 e. The van der Waals surface area contributed by atoms with Crippen LogP contribution >= 0.6 is 0 Å². The van der Waals surface area contributed by atoms with Crippen LogP contribution in [0, 0.1) is 0 Å². The van der Waals surface area contributed by atoms with Crippen LogP contribution in [0.4, 0.5) is 0 Å². The Bertz CT molecular complexity index is 184. The average molecular weight is 189 g/mol. The molecule has 6 nitrogen and oxygen atoms in total. The molecule has 0 fully saturated rings. The largest absolute Gasteiger partial charge is 0.383 e. The summed E-state index contributed by atoms with van der Waals surface area (Å²) in [5.74, 6) is -0.981. The summed E-state index contributed by atoms with van der Waals surface area (Å²) in [4.78, 5) is 21.4. The Balaban J connectivity index is 3.63. The molecule has 0 aliphatic heterocycles. The van der Waals surface area contributed by atoms with Gasteiger partial charge in [-0.15, -0.1) is 0 Å². The van der Waals surface area contributed by atoms with E-state index in [1.807, 2.05) is 0 Å². The topological polar surface area (TPSA) is 107 Å². The quantitative estimate of drug-likeness (QED) is 0.418. The van der Waals surface area contributed by atoms with Crippen molar-refractivity contribution in [2.75, 3.05) is 20.3 Å². The second kappa shape index (κ2) is 6.38. The van der Waals surface area contributed by atoms with Crippen LogP contribution in [0.5, 0.6) is 0 Å². The molecule has 76 valence electrons. The van der Waals surface area contributed by atoms with E-state index in [0.717, 1.165) is 0 Å². The minimum Gasteiger partial charge on any atom is -0.383 e. The monoisotopic (exact) mass is 189 g/mol. The number of carbonyl (C=O) groups is 2. The van der Waals surface area contributed by atoms with Crippen LogP contribution in [0.1, 0.15) is 6.42 Å². The Morgan fingerprint density at radius 2 is 2.15 bits per heavy atom. The lowest BCUT2D eigenvalue weighted by Crippen LogP contribution is -2.43. The SMILES string of the molecule is COCCNC(=O)C(N)CC(N)=O. The highest BCUT2D eigenvalue weighted by atomic mass is 16.5. The van der Waals surface area contributed by atoms with Crippen LogP contribution in [0.3, 0.4) is 0 Å². The summed E-state index contributed by atoms with van der Waals surface area (Å²) >= 11 is 0. The molecule has 0 aliphatic carbocycles. The van der Waals surface area contributed by atoms with Gasteiger partial charge in [-0.2, -0.15) is 0 Å². The summed E-state index contributed by atoms with van der Waals surface area (Å²) in [7, 11) is 1.52. The van der Waals surface area contributed by atoms with Gasteiger partial charge in [0.15, 0.2) is 0 Å². The molecule has 0 radical (unpaired) electrons. The van der Waals surface area contributed by atoms with Crippen LogP contribution in [-0.2, 0) is 14.3 Å². The van der Waals surface area contributed by atoms with Crippen LogP contribution in [0.25, 0.3) is 0 Å². The van der Waals surface area contributed by atoms with Crippen molar-refractivity contribution >= 4 is 11.8 Å². The second-order valence-electron chi connectivity index (χ2n) is 2.56. The molecule has 0 saturated carbocycles. The predicted molar refractivity (Wildman–Crippen MR) is 46.7 cm³/mol. The highest BCUT2D eigenvalue weighted by molar-refractivity contribution is 5.87. The van der Waals surface area contributed by atoms with Gasteiger partial charge in [0, 0.05) is 13.7 Å². The Labute approximate surface area is 76.6 Å². The molecular weight excluding hydrogens is 174 g/mol. The minimum absolute atomic E-state index is 0.140. The molecule has 0 aromatic carbocycles. The standard InChI is InChI=1S/C7H15N3O3/c1-13-3-2-10-7(12)5(8)4-6(9)11/h5H,2-4,8H2,1H3,(H2,9,11)(H,10,12). The van der Waals surface area contributed by atoms with Gasteiger partial charge >= 0.3 is 0 Å². The Hall–Kier alpha value is -1.14. The molecule has 0 aliphatic rings. The molecule has 1 unspecified atom stereocenters. The number of hydrogen-bond donors (Lipinski definition) is 3. The molecule has 0 spiro atoms. The highest BCUT2D eigenvalue weighted by Crippen LogP contribution is 1.86. The molecule has 0 saturated heterocycles. The van der Waals surface area contributed by atoms with E-state index in [1.165, 1.54) is 7.11 Å². The number of carbonyl (C=O) groups excluding carboxylic acids is 2. The number of nitrogens with two attached hydrogens (primary N) is 2. The maximum absolute atomic E-state index is 11.1. The molecule has 5 N–H and O–H groups in total. The lowest BCUT2D eigenvalue weighted by atomic mass is 10.2. The van der Waals surface area contributed by atoms with Crippen molar-refractivity contribution in [1.29, 1.82) is 0 Å². The third kappa shape index (κ3) is 6.06. The fourth-order valence-electron chi connectivity index (χ4n) is 0.717. The Morgan fingerprint density at radius 1 is 1.54 bits per heavy atom. The van der Waals surface area contributed by atoms with Crippen molar-refractivity contribution in [3.8, 4) is 0 Å². The van der Waals surface area contributed by atoms with Crippen LogP contribution in [-0.4, -0.2) is 38.1 Å². The molecule has 0 rings (SSSR count). The molecular formula is C7H15N3O3. The number of rotatable bonds is 6. The molecule has 0 heterocycles. The molecule has 0 bridgehead atoms. The van der Waals surface area contributed by atoms with Crippen molar-refractivity contribution in [1.82, 2.24) is 5.32 Å². The summed E-state index contributed by atoms with van der Waals surface area (Å²) in [6.07, 6.45) is -0.140. The fourth-order valence-corrected chi connectivity index (χ4v) is 0.717. The Morgan fingerprint density at radius 3 is 2.62 bits per heavy atom. The number of ether oxygens (including phenoxy) is 1. The van der Waals surface area contributed by atoms with E-state index in [-0.39, 0.29) is 6.42 Å². The van der Waals surface area contributed by atoms with Gasteiger partial charge in [0.05, 0.1) is 19.1 Å². The molecule has 0 aromatic rings. The normalized spacial score (nSPS) is 12.2. The predicted octanol–water partition coefficient (Wildman–Crippen LogP) is -2.05. The number of methoxy groups -OCH3 is 1. The zero-order chi connectivity index (χ0) is 10.3. The zero-order valence-corrected chi connectivity index (χ0v) is 7.58. The van der Waals surface area contributed by atoms with Gasteiger partial charge in [0.2, 0.25) is 11.8 Å². The number of primary amides is 1. The van der Waals surface area contributed by atoms with Crippen LogP contribution in [0.2, 0.25) is 0 Å². The van der Waals surface area contributed by atoms with Gasteiger partial charge in [-0.25, -0.2) is 0 Å². The van der Waals surface area contributed by atoms with Gasteiger partial charge in [-0.3, -0.25) is 9.59 Å². The maximum atomic E-state index is 11.1. The van der Waals surface area contributed by atoms with Crippen molar-refractivity contribution < 1.29 is 14.3 Å². The third-order valence-electron chi connectivity index (χ3n) is 1.36. The molecule has 13 heavy (non-hydrogen) atoms. The van der Waals surface area contributed by atoms with E-state index < -0.39 is 17.9 Å². The summed E-state index contributed by atoms with van der Waals surface area (Å²) in [5, 5.41) is 2.49. The van der Waals surface area contributed by atoms with Crippen LogP contribution in [0.15, 0.2) is 0 Å². The van der Waals surface area contributed by atoms with Gasteiger partial charge in [0.25, 0.3) is 0 Å². The first-order valence-corrected chi connectivity index (χ1v) is 3.88. The van der Waals surface area contributed by atoms with E-state index >= 15 is 0 Å². The second-order valence-corrected chi connectivity index (χ2v) is 2.56. The van der Waals surface area contributed by atoms with Crippen molar-refractivity contribution in [3.05, 3.63) is 0 Å². The fraction of sp³-hybridized carbons (Fsp3) is 0.714. The van der Waals surface area contributed by atoms with E-state index in [9.17, 15) is 9.59 Å². The van der Waals surface area contributed by atoms with Crippen molar-refractivity contribution in [2.45, 2.75) is 12.5 Å². The summed E-state index contributed by atoms with van der Waals surface area (Å²) < 4.78 is 4.71. The summed E-state index contributed by atoms with van der Waals surface area (Å²) in [6, 6.07) is -0.866. The number of amides is 2. The van der Waals surface area contributed by atoms with E-state index in [2.05, 4.69) is 5.32 Å². The molecule has 0 aromatic heterocycles. The number of nitrogens with one attached hydrogen (secondary N) is 1. The summed E-state index contributed by atoms with van der Waals surface area (Å²) in [5.41, 5.74) is 10.2. The van der Waals surface area contributed by atoms with E-state index in [0.29, 0.717) is 13.2 Å².